The Morgan fingerprint density at radius 1 is 1.50 bits per heavy atom. The van der Waals surface area contributed by atoms with Gasteiger partial charge >= 0.3 is 0 Å². The van der Waals surface area contributed by atoms with Gasteiger partial charge in [-0.05, 0) is 30.9 Å². The largest absolute Gasteiger partial charge is 0.337 e. The monoisotopic (exact) mass is 266 g/mol. The van der Waals surface area contributed by atoms with Gasteiger partial charge in [-0.15, -0.1) is 0 Å². The van der Waals surface area contributed by atoms with E-state index in [1.165, 1.54) is 0 Å². The van der Waals surface area contributed by atoms with E-state index in [1.54, 1.807) is 12.3 Å². The van der Waals surface area contributed by atoms with Gasteiger partial charge in [0.2, 0.25) is 5.91 Å². The number of aromatic nitrogens is 1. The van der Waals surface area contributed by atoms with Gasteiger partial charge in [-0.2, -0.15) is 0 Å². The van der Waals surface area contributed by atoms with Crippen LogP contribution in [0.25, 0.3) is 0 Å². The molecule has 2 heterocycles. The first-order chi connectivity index (χ1) is 8.69. The molecule has 18 heavy (non-hydrogen) atoms. The molecule has 1 atom stereocenters. The molecule has 1 saturated heterocycles. The molecule has 0 radical (unpaired) electrons. The minimum Gasteiger partial charge on any atom is -0.337 e. The van der Waals surface area contributed by atoms with Crippen LogP contribution in [0.2, 0.25) is 5.02 Å². The van der Waals surface area contributed by atoms with Crippen LogP contribution in [0, 0.1) is 5.92 Å². The van der Waals surface area contributed by atoms with Crippen LogP contribution in [0.15, 0.2) is 18.3 Å². The Labute approximate surface area is 113 Å². The zero-order chi connectivity index (χ0) is 13.0. The second-order valence-electron chi connectivity index (χ2n) is 4.88. The van der Waals surface area contributed by atoms with Crippen molar-refractivity contribution in [2.24, 2.45) is 5.92 Å². The van der Waals surface area contributed by atoms with Gasteiger partial charge in [0.1, 0.15) is 0 Å². The van der Waals surface area contributed by atoms with Crippen LogP contribution in [-0.4, -0.2) is 22.3 Å². The minimum absolute atomic E-state index is 0.243. The van der Waals surface area contributed by atoms with E-state index in [4.69, 9.17) is 11.6 Å². The zero-order valence-corrected chi connectivity index (χ0v) is 11.5. The Balaban J connectivity index is 2.01. The summed E-state index contributed by atoms with van der Waals surface area (Å²) >= 11 is 5.93. The van der Waals surface area contributed by atoms with Crippen molar-refractivity contribution >= 4 is 17.5 Å². The fraction of sp³-hybridized carbons (Fsp3) is 0.571. The lowest BCUT2D eigenvalue weighted by atomic mass is 9.98. The lowest BCUT2D eigenvalue weighted by Crippen LogP contribution is -2.30. The summed E-state index contributed by atoms with van der Waals surface area (Å²) in [5.41, 5.74) is 0.866. The molecule has 1 amide bonds. The number of hydrogen-bond donors (Lipinski definition) is 0. The van der Waals surface area contributed by atoms with Gasteiger partial charge in [0, 0.05) is 24.2 Å². The van der Waals surface area contributed by atoms with Crippen molar-refractivity contribution in [2.45, 2.75) is 39.2 Å². The van der Waals surface area contributed by atoms with E-state index < -0.39 is 0 Å². The number of amides is 1. The highest BCUT2D eigenvalue weighted by Crippen LogP contribution is 2.22. The molecule has 1 aliphatic heterocycles. The van der Waals surface area contributed by atoms with Crippen molar-refractivity contribution in [3.05, 3.63) is 29.0 Å². The van der Waals surface area contributed by atoms with Gasteiger partial charge in [0.25, 0.3) is 0 Å². The number of carbonyl (C=O) groups excluding carboxylic acids is 1. The lowest BCUT2D eigenvalue weighted by molar-refractivity contribution is -0.131. The number of nitrogens with zero attached hydrogens (tertiary/aromatic N) is 2. The van der Waals surface area contributed by atoms with Crippen LogP contribution >= 0.6 is 11.6 Å². The summed E-state index contributed by atoms with van der Waals surface area (Å²) in [7, 11) is 0. The smallest absolute Gasteiger partial charge is 0.222 e. The van der Waals surface area contributed by atoms with Crippen LogP contribution in [0.4, 0.5) is 0 Å². The van der Waals surface area contributed by atoms with Crippen molar-refractivity contribution in [2.75, 3.05) is 6.54 Å². The Bertz CT molecular complexity index is 422. The maximum absolute atomic E-state index is 12.0. The van der Waals surface area contributed by atoms with Gasteiger partial charge < -0.3 is 4.90 Å². The van der Waals surface area contributed by atoms with Gasteiger partial charge in [0.05, 0.1) is 12.2 Å². The maximum Gasteiger partial charge on any atom is 0.222 e. The summed E-state index contributed by atoms with van der Waals surface area (Å²) in [6.07, 6.45) is 5.64. The van der Waals surface area contributed by atoms with E-state index >= 15 is 0 Å². The second-order valence-corrected chi connectivity index (χ2v) is 5.32. The van der Waals surface area contributed by atoms with Crippen LogP contribution in [0.1, 0.15) is 38.3 Å². The first-order valence-corrected chi connectivity index (χ1v) is 6.95. The first-order valence-electron chi connectivity index (χ1n) is 6.57. The van der Waals surface area contributed by atoms with Crippen LogP contribution in [-0.2, 0) is 11.3 Å². The normalized spacial score (nSPS) is 20.9. The van der Waals surface area contributed by atoms with Gasteiger partial charge in [-0.25, -0.2) is 0 Å². The van der Waals surface area contributed by atoms with E-state index in [1.807, 2.05) is 11.0 Å². The van der Waals surface area contributed by atoms with E-state index in [9.17, 15) is 4.79 Å². The molecule has 1 fully saturated rings. The summed E-state index contributed by atoms with van der Waals surface area (Å²) in [5.74, 6) is 0.930. The average molecular weight is 267 g/mol. The Morgan fingerprint density at radius 3 is 3.06 bits per heavy atom. The second kappa shape index (κ2) is 6.19. The molecular weight excluding hydrogens is 248 g/mol. The molecule has 0 spiro atoms. The summed E-state index contributed by atoms with van der Waals surface area (Å²) < 4.78 is 0. The third kappa shape index (κ3) is 3.45. The van der Waals surface area contributed by atoms with Crippen molar-refractivity contribution < 1.29 is 4.79 Å². The molecule has 1 aliphatic rings. The molecule has 0 bridgehead atoms. The van der Waals surface area contributed by atoms with Crippen molar-refractivity contribution in [1.82, 2.24) is 9.88 Å². The lowest BCUT2D eigenvalue weighted by Gasteiger charge is -2.20. The zero-order valence-electron chi connectivity index (χ0n) is 10.7. The third-order valence-corrected chi connectivity index (χ3v) is 3.87. The highest BCUT2D eigenvalue weighted by Gasteiger charge is 2.21. The van der Waals surface area contributed by atoms with Crippen LogP contribution < -0.4 is 0 Å². The third-order valence-electron chi connectivity index (χ3n) is 3.64. The molecule has 0 aliphatic carbocycles. The summed E-state index contributed by atoms with van der Waals surface area (Å²) in [6.45, 7) is 3.62. The quantitative estimate of drug-likeness (QED) is 0.841. The fourth-order valence-corrected chi connectivity index (χ4v) is 2.58. The van der Waals surface area contributed by atoms with E-state index in [2.05, 4.69) is 11.9 Å². The van der Waals surface area contributed by atoms with E-state index in [0.717, 1.165) is 31.5 Å². The topological polar surface area (TPSA) is 33.2 Å². The number of rotatable bonds is 3. The molecule has 3 nitrogen and oxygen atoms in total. The number of likely N-dealkylation sites (tertiary alicyclic amines) is 1. The average Bonchev–Trinajstić information content (AvgIpc) is 2.53. The molecule has 1 aromatic heterocycles. The molecule has 98 valence electrons. The molecule has 2 rings (SSSR count). The van der Waals surface area contributed by atoms with Crippen molar-refractivity contribution in [3.8, 4) is 0 Å². The number of halogens is 1. The Morgan fingerprint density at radius 2 is 2.33 bits per heavy atom. The maximum atomic E-state index is 12.0. The first kappa shape index (κ1) is 13.3. The van der Waals surface area contributed by atoms with Crippen molar-refractivity contribution in [3.63, 3.8) is 0 Å². The molecular formula is C14H19ClN2O. The van der Waals surface area contributed by atoms with E-state index in [-0.39, 0.29) is 5.91 Å². The molecule has 1 unspecified atom stereocenters. The minimum atomic E-state index is 0.243. The molecule has 0 saturated carbocycles. The highest BCUT2D eigenvalue weighted by atomic mass is 35.5. The molecule has 0 N–H and O–H groups in total. The molecule has 1 aromatic rings. The van der Waals surface area contributed by atoms with E-state index in [0.29, 0.717) is 23.9 Å². The van der Waals surface area contributed by atoms with Crippen LogP contribution in [0.5, 0.6) is 0 Å². The number of hydrogen-bond acceptors (Lipinski definition) is 2. The van der Waals surface area contributed by atoms with Gasteiger partial charge in [0.15, 0.2) is 0 Å². The Hall–Kier alpha value is -1.09. The number of pyridine rings is 1. The van der Waals surface area contributed by atoms with Gasteiger partial charge in [-0.1, -0.05) is 24.9 Å². The summed E-state index contributed by atoms with van der Waals surface area (Å²) in [6, 6.07) is 3.58. The molecule has 0 aromatic carbocycles. The Kier molecular flexibility index (Phi) is 4.59. The highest BCUT2D eigenvalue weighted by molar-refractivity contribution is 6.30. The summed E-state index contributed by atoms with van der Waals surface area (Å²) in [4.78, 5) is 18.2. The van der Waals surface area contributed by atoms with Gasteiger partial charge in [-0.3, -0.25) is 9.78 Å². The standard InChI is InChI=1S/C14H19ClN2O/c1-2-11-3-4-14(18)17(8-6-11)10-13-9-12(15)5-7-16-13/h5,7,9,11H,2-4,6,8,10H2,1H3. The summed E-state index contributed by atoms with van der Waals surface area (Å²) in [5, 5.41) is 0.675. The SMILES string of the molecule is CCC1CCC(=O)N(Cc2cc(Cl)ccn2)CC1. The predicted octanol–water partition coefficient (Wildman–Crippen LogP) is 3.27. The van der Waals surface area contributed by atoms with Crippen LogP contribution in [0.3, 0.4) is 0 Å². The number of carbonyl (C=O) groups is 1. The molecule has 4 heteroatoms. The van der Waals surface area contributed by atoms with Crippen molar-refractivity contribution in [1.29, 1.82) is 0 Å². The fourth-order valence-electron chi connectivity index (χ4n) is 2.40. The predicted molar refractivity (Wildman–Crippen MR) is 72.3 cm³/mol.